The molecule has 0 amide bonds. The molecular weight excluding hydrogens is 266 g/mol. The number of rotatable bonds is 4. The third-order valence-corrected chi connectivity index (χ3v) is 4.61. The molecule has 2 aromatic rings. The number of thiazole rings is 1. The quantitative estimate of drug-likeness (QED) is 0.937. The Hall–Kier alpha value is -1.23. The Morgan fingerprint density at radius 3 is 2.65 bits per heavy atom. The molecule has 1 fully saturated rings. The van der Waals surface area contributed by atoms with Gasteiger partial charge in [0.15, 0.2) is 0 Å². The Kier molecular flexibility index (Phi) is 4.45. The second kappa shape index (κ2) is 6.48. The molecule has 3 nitrogen and oxygen atoms in total. The van der Waals surface area contributed by atoms with Crippen molar-refractivity contribution in [2.75, 3.05) is 26.2 Å². The zero-order valence-corrected chi connectivity index (χ0v) is 12.7. The molecule has 0 saturated carbocycles. The van der Waals surface area contributed by atoms with E-state index in [1.54, 1.807) is 11.3 Å². The van der Waals surface area contributed by atoms with Gasteiger partial charge >= 0.3 is 0 Å². The van der Waals surface area contributed by atoms with Crippen molar-refractivity contribution in [3.8, 4) is 11.3 Å². The van der Waals surface area contributed by atoms with Crippen molar-refractivity contribution in [3.05, 3.63) is 40.2 Å². The summed E-state index contributed by atoms with van der Waals surface area (Å²) in [5.41, 5.74) is 3.72. The maximum atomic E-state index is 4.79. The highest BCUT2D eigenvalue weighted by atomic mass is 32.1. The van der Waals surface area contributed by atoms with E-state index in [0.29, 0.717) is 0 Å². The van der Waals surface area contributed by atoms with Crippen LogP contribution in [0.5, 0.6) is 0 Å². The SMILES string of the molecule is CCc1ccc(-c2csc(CN3CCNCC3)n2)cc1. The number of piperazine rings is 1. The average Bonchev–Trinajstić information content (AvgIpc) is 2.97. The van der Waals surface area contributed by atoms with E-state index in [4.69, 9.17) is 4.98 Å². The molecule has 1 aliphatic rings. The summed E-state index contributed by atoms with van der Waals surface area (Å²) >= 11 is 1.77. The van der Waals surface area contributed by atoms with Gasteiger partial charge in [-0.05, 0) is 12.0 Å². The van der Waals surface area contributed by atoms with Crippen molar-refractivity contribution < 1.29 is 0 Å². The van der Waals surface area contributed by atoms with Crippen molar-refractivity contribution in [1.29, 1.82) is 0 Å². The Morgan fingerprint density at radius 1 is 1.20 bits per heavy atom. The fourth-order valence-corrected chi connectivity index (χ4v) is 3.33. The van der Waals surface area contributed by atoms with Gasteiger partial charge in [-0.25, -0.2) is 4.98 Å². The van der Waals surface area contributed by atoms with Crippen molar-refractivity contribution >= 4 is 11.3 Å². The Labute approximate surface area is 124 Å². The van der Waals surface area contributed by atoms with E-state index in [2.05, 4.69) is 46.8 Å². The van der Waals surface area contributed by atoms with Crippen molar-refractivity contribution in [3.63, 3.8) is 0 Å². The van der Waals surface area contributed by atoms with Crippen LogP contribution in [0, 0.1) is 0 Å². The van der Waals surface area contributed by atoms with E-state index in [1.807, 2.05) is 0 Å². The third-order valence-electron chi connectivity index (χ3n) is 3.78. The number of aromatic nitrogens is 1. The summed E-state index contributed by atoms with van der Waals surface area (Å²) in [7, 11) is 0. The molecule has 1 saturated heterocycles. The summed E-state index contributed by atoms with van der Waals surface area (Å²) in [6.07, 6.45) is 1.09. The van der Waals surface area contributed by atoms with Gasteiger partial charge in [0.2, 0.25) is 0 Å². The van der Waals surface area contributed by atoms with Crippen LogP contribution in [0.25, 0.3) is 11.3 Å². The van der Waals surface area contributed by atoms with E-state index in [9.17, 15) is 0 Å². The minimum Gasteiger partial charge on any atom is -0.314 e. The molecule has 0 aliphatic carbocycles. The first-order valence-electron chi connectivity index (χ1n) is 7.32. The molecule has 3 rings (SSSR count). The lowest BCUT2D eigenvalue weighted by Gasteiger charge is -2.26. The smallest absolute Gasteiger partial charge is 0.107 e. The molecule has 20 heavy (non-hydrogen) atoms. The monoisotopic (exact) mass is 287 g/mol. The molecule has 4 heteroatoms. The Morgan fingerprint density at radius 2 is 1.95 bits per heavy atom. The summed E-state index contributed by atoms with van der Waals surface area (Å²) < 4.78 is 0. The largest absolute Gasteiger partial charge is 0.314 e. The maximum absolute atomic E-state index is 4.79. The number of benzene rings is 1. The predicted molar refractivity (Wildman–Crippen MR) is 85.1 cm³/mol. The van der Waals surface area contributed by atoms with Gasteiger partial charge < -0.3 is 5.32 Å². The van der Waals surface area contributed by atoms with Crippen molar-refractivity contribution in [2.24, 2.45) is 0 Å². The molecule has 106 valence electrons. The van der Waals surface area contributed by atoms with E-state index in [1.165, 1.54) is 16.1 Å². The number of aryl methyl sites for hydroxylation is 1. The second-order valence-electron chi connectivity index (χ2n) is 5.20. The van der Waals surface area contributed by atoms with Crippen LogP contribution >= 0.6 is 11.3 Å². The van der Waals surface area contributed by atoms with Gasteiger partial charge in [0, 0.05) is 37.1 Å². The van der Waals surface area contributed by atoms with E-state index < -0.39 is 0 Å². The minimum atomic E-state index is 0.986. The molecule has 2 heterocycles. The van der Waals surface area contributed by atoms with Crippen LogP contribution in [0.3, 0.4) is 0 Å². The highest BCUT2D eigenvalue weighted by Gasteiger charge is 2.12. The number of nitrogens with one attached hydrogen (secondary N) is 1. The molecule has 1 aromatic heterocycles. The van der Waals surface area contributed by atoms with E-state index in [-0.39, 0.29) is 0 Å². The first kappa shape index (κ1) is 13.7. The number of nitrogens with zero attached hydrogens (tertiary/aromatic N) is 2. The topological polar surface area (TPSA) is 28.2 Å². The molecule has 0 atom stereocenters. The summed E-state index contributed by atoms with van der Waals surface area (Å²) in [6, 6.07) is 8.76. The number of hydrogen-bond donors (Lipinski definition) is 1. The summed E-state index contributed by atoms with van der Waals surface area (Å²) in [4.78, 5) is 7.26. The molecule has 0 radical (unpaired) electrons. The van der Waals surface area contributed by atoms with Gasteiger partial charge in [0.25, 0.3) is 0 Å². The Balaban J connectivity index is 1.68. The number of hydrogen-bond acceptors (Lipinski definition) is 4. The normalized spacial score (nSPS) is 16.4. The molecule has 1 aromatic carbocycles. The van der Waals surface area contributed by atoms with Crippen molar-refractivity contribution in [2.45, 2.75) is 19.9 Å². The lowest BCUT2D eigenvalue weighted by Crippen LogP contribution is -2.42. The lowest BCUT2D eigenvalue weighted by molar-refractivity contribution is 0.233. The molecule has 0 unspecified atom stereocenters. The van der Waals surface area contributed by atoms with E-state index in [0.717, 1.165) is 44.8 Å². The third kappa shape index (κ3) is 3.26. The molecule has 0 spiro atoms. The van der Waals surface area contributed by atoms with Gasteiger partial charge in [-0.1, -0.05) is 31.2 Å². The molecule has 0 bridgehead atoms. The van der Waals surface area contributed by atoms with Gasteiger partial charge in [-0.2, -0.15) is 0 Å². The zero-order valence-electron chi connectivity index (χ0n) is 11.9. The highest BCUT2D eigenvalue weighted by molar-refractivity contribution is 7.09. The lowest BCUT2D eigenvalue weighted by atomic mass is 10.1. The first-order valence-corrected chi connectivity index (χ1v) is 8.20. The average molecular weight is 287 g/mol. The van der Waals surface area contributed by atoms with Crippen LogP contribution in [0.4, 0.5) is 0 Å². The van der Waals surface area contributed by atoms with Crippen LogP contribution in [-0.2, 0) is 13.0 Å². The van der Waals surface area contributed by atoms with Crippen LogP contribution in [-0.4, -0.2) is 36.1 Å². The van der Waals surface area contributed by atoms with Crippen LogP contribution in [0.2, 0.25) is 0 Å². The second-order valence-corrected chi connectivity index (χ2v) is 6.15. The van der Waals surface area contributed by atoms with Gasteiger partial charge in [0.1, 0.15) is 5.01 Å². The fraction of sp³-hybridized carbons (Fsp3) is 0.438. The zero-order chi connectivity index (χ0) is 13.8. The van der Waals surface area contributed by atoms with Gasteiger partial charge in [-0.15, -0.1) is 11.3 Å². The minimum absolute atomic E-state index is 0.986. The Bertz CT molecular complexity index is 541. The fourth-order valence-electron chi connectivity index (χ4n) is 2.49. The highest BCUT2D eigenvalue weighted by Crippen LogP contribution is 2.23. The van der Waals surface area contributed by atoms with Crippen LogP contribution in [0.15, 0.2) is 29.6 Å². The standard InChI is InChI=1S/C16H21N3S/c1-2-13-3-5-14(6-4-13)15-12-20-16(18-15)11-19-9-7-17-8-10-19/h3-6,12,17H,2,7-11H2,1H3. The summed E-state index contributed by atoms with van der Waals surface area (Å²) in [5, 5.41) is 6.79. The van der Waals surface area contributed by atoms with Crippen LogP contribution < -0.4 is 5.32 Å². The van der Waals surface area contributed by atoms with E-state index >= 15 is 0 Å². The molecule has 1 aliphatic heterocycles. The first-order chi connectivity index (χ1) is 9.85. The van der Waals surface area contributed by atoms with Gasteiger partial charge in [-0.3, -0.25) is 4.90 Å². The summed E-state index contributed by atoms with van der Waals surface area (Å²) in [6.45, 7) is 7.61. The van der Waals surface area contributed by atoms with Crippen molar-refractivity contribution in [1.82, 2.24) is 15.2 Å². The maximum Gasteiger partial charge on any atom is 0.107 e. The summed E-state index contributed by atoms with van der Waals surface area (Å²) in [5.74, 6) is 0. The molecular formula is C16H21N3S. The predicted octanol–water partition coefficient (Wildman–Crippen LogP) is 2.78. The van der Waals surface area contributed by atoms with Crippen LogP contribution in [0.1, 0.15) is 17.5 Å². The molecule has 1 N–H and O–H groups in total. The van der Waals surface area contributed by atoms with Gasteiger partial charge in [0.05, 0.1) is 12.2 Å².